The normalized spacial score (nSPS) is 10.4. The summed E-state index contributed by atoms with van der Waals surface area (Å²) in [6.07, 6.45) is 7.39. The highest BCUT2D eigenvalue weighted by Gasteiger charge is 2.12. The molecule has 0 aliphatic heterocycles. The van der Waals surface area contributed by atoms with Crippen molar-refractivity contribution in [2.24, 2.45) is 0 Å². The second-order valence-electron chi connectivity index (χ2n) is 4.93. The Morgan fingerprint density at radius 3 is 2.14 bits per heavy atom. The molecule has 0 spiro atoms. The molecule has 0 radical (unpaired) electrons. The zero-order chi connectivity index (χ0) is 15.4. The second-order valence-corrected chi connectivity index (χ2v) is 5.84. The van der Waals surface area contributed by atoms with Gasteiger partial charge >= 0.3 is 0 Å². The van der Waals surface area contributed by atoms with Crippen molar-refractivity contribution < 1.29 is 9.36 Å². The third-order valence-corrected chi connectivity index (χ3v) is 3.93. The molecule has 0 aliphatic carbocycles. The zero-order valence-corrected chi connectivity index (χ0v) is 13.4. The molecule has 0 saturated carbocycles. The van der Waals surface area contributed by atoms with Gasteiger partial charge in [0.25, 0.3) is 0 Å². The van der Waals surface area contributed by atoms with E-state index >= 15 is 0 Å². The van der Waals surface area contributed by atoms with E-state index in [0.29, 0.717) is 12.1 Å². The van der Waals surface area contributed by atoms with Gasteiger partial charge in [-0.1, -0.05) is 28.1 Å². The van der Waals surface area contributed by atoms with Gasteiger partial charge in [0.1, 0.15) is 0 Å². The van der Waals surface area contributed by atoms with E-state index in [9.17, 15) is 4.79 Å². The average Bonchev–Trinajstić information content (AvgIpc) is 2.57. The first-order chi connectivity index (χ1) is 10.7. The molecule has 2 heterocycles. The Morgan fingerprint density at radius 2 is 1.50 bits per heavy atom. The number of benzene rings is 1. The number of pyridine rings is 2. The number of nitrogens with zero attached hydrogens (tertiary/aromatic N) is 2. The van der Waals surface area contributed by atoms with Crippen molar-refractivity contribution in [2.45, 2.75) is 6.54 Å². The summed E-state index contributed by atoms with van der Waals surface area (Å²) in [5.74, 6) is 0.0918. The Hall–Kier alpha value is -2.33. The summed E-state index contributed by atoms with van der Waals surface area (Å²) in [5, 5.41) is 0. The van der Waals surface area contributed by atoms with Gasteiger partial charge in [0, 0.05) is 34.6 Å². The Morgan fingerprint density at radius 1 is 0.909 bits per heavy atom. The van der Waals surface area contributed by atoms with Crippen LogP contribution in [0.5, 0.6) is 0 Å². The van der Waals surface area contributed by atoms with Gasteiger partial charge in [0.15, 0.2) is 12.4 Å². The standard InChI is InChI=1S/C18H14BrN2O/c19-17-3-1-16(2-4-17)18(22)13-21-11-7-15(8-12-21)14-5-9-20-10-6-14/h1-12H,13H2/q+1. The van der Waals surface area contributed by atoms with Crippen molar-refractivity contribution in [2.75, 3.05) is 0 Å². The van der Waals surface area contributed by atoms with Crippen LogP contribution in [-0.2, 0) is 6.54 Å². The predicted octanol–water partition coefficient (Wildman–Crippen LogP) is 3.68. The number of halogens is 1. The molecule has 0 N–H and O–H groups in total. The van der Waals surface area contributed by atoms with Crippen LogP contribution in [0, 0.1) is 0 Å². The fourth-order valence-corrected chi connectivity index (χ4v) is 2.46. The van der Waals surface area contributed by atoms with Crippen LogP contribution in [0.15, 0.2) is 77.8 Å². The quantitative estimate of drug-likeness (QED) is 0.529. The first-order valence-electron chi connectivity index (χ1n) is 6.91. The Bertz CT molecular complexity index is 768. The lowest BCUT2D eigenvalue weighted by Gasteiger charge is -2.01. The highest BCUT2D eigenvalue weighted by Crippen LogP contribution is 2.16. The van der Waals surface area contributed by atoms with Gasteiger partial charge < -0.3 is 0 Å². The van der Waals surface area contributed by atoms with Crippen LogP contribution in [0.25, 0.3) is 11.1 Å². The predicted molar refractivity (Wildman–Crippen MR) is 88.3 cm³/mol. The molecule has 22 heavy (non-hydrogen) atoms. The third-order valence-electron chi connectivity index (χ3n) is 3.40. The molecule has 0 saturated heterocycles. The van der Waals surface area contributed by atoms with Gasteiger partial charge in [-0.15, -0.1) is 0 Å². The topological polar surface area (TPSA) is 33.8 Å². The number of aromatic nitrogens is 2. The highest BCUT2D eigenvalue weighted by molar-refractivity contribution is 9.10. The fourth-order valence-electron chi connectivity index (χ4n) is 2.19. The molecule has 1 aromatic carbocycles. The summed E-state index contributed by atoms with van der Waals surface area (Å²) < 4.78 is 2.85. The molecule has 3 aromatic rings. The molecule has 3 nitrogen and oxygen atoms in total. The van der Waals surface area contributed by atoms with E-state index < -0.39 is 0 Å². The van der Waals surface area contributed by atoms with Crippen LogP contribution < -0.4 is 4.57 Å². The van der Waals surface area contributed by atoms with Crippen molar-refractivity contribution in [1.82, 2.24) is 4.98 Å². The van der Waals surface area contributed by atoms with Crippen LogP contribution in [0.1, 0.15) is 10.4 Å². The van der Waals surface area contributed by atoms with E-state index in [0.717, 1.165) is 15.6 Å². The minimum atomic E-state index is 0.0918. The maximum Gasteiger partial charge on any atom is 0.227 e. The number of carbonyl (C=O) groups excluding carboxylic acids is 1. The monoisotopic (exact) mass is 353 g/mol. The molecule has 3 rings (SSSR count). The molecule has 108 valence electrons. The van der Waals surface area contributed by atoms with Gasteiger partial charge in [0.05, 0.1) is 0 Å². The summed E-state index contributed by atoms with van der Waals surface area (Å²) in [4.78, 5) is 16.3. The van der Waals surface area contributed by atoms with Crippen molar-refractivity contribution in [1.29, 1.82) is 0 Å². The third kappa shape index (κ3) is 3.46. The van der Waals surface area contributed by atoms with E-state index in [1.807, 2.05) is 65.5 Å². The van der Waals surface area contributed by atoms with Crippen molar-refractivity contribution >= 4 is 21.7 Å². The number of hydrogen-bond acceptors (Lipinski definition) is 2. The minimum Gasteiger partial charge on any atom is -0.287 e. The zero-order valence-electron chi connectivity index (χ0n) is 11.8. The molecule has 0 bridgehead atoms. The molecular weight excluding hydrogens is 340 g/mol. The summed E-state index contributed by atoms with van der Waals surface area (Å²) in [6.45, 7) is 0.332. The smallest absolute Gasteiger partial charge is 0.227 e. The Labute approximate surface area is 137 Å². The number of Topliss-reactive ketones (excluding diaryl/α,β-unsaturated/α-hetero) is 1. The van der Waals surface area contributed by atoms with E-state index in [4.69, 9.17) is 0 Å². The number of carbonyl (C=O) groups is 1. The maximum absolute atomic E-state index is 12.2. The summed E-state index contributed by atoms with van der Waals surface area (Å²) >= 11 is 3.37. The summed E-state index contributed by atoms with van der Waals surface area (Å²) in [7, 11) is 0. The molecule has 0 unspecified atom stereocenters. The average molecular weight is 354 g/mol. The van der Waals surface area contributed by atoms with Crippen molar-refractivity contribution in [3.63, 3.8) is 0 Å². The largest absolute Gasteiger partial charge is 0.287 e. The van der Waals surface area contributed by atoms with Gasteiger partial charge in [0.2, 0.25) is 12.3 Å². The Kier molecular flexibility index (Phi) is 4.39. The van der Waals surface area contributed by atoms with Gasteiger partial charge in [-0.25, -0.2) is 0 Å². The molecular formula is C18H14BrN2O+. The number of hydrogen-bond donors (Lipinski definition) is 0. The SMILES string of the molecule is O=C(C[n+]1ccc(-c2ccncc2)cc1)c1ccc(Br)cc1. The van der Waals surface area contributed by atoms with Crippen LogP contribution >= 0.6 is 15.9 Å². The number of rotatable bonds is 4. The second kappa shape index (κ2) is 6.62. The van der Waals surface area contributed by atoms with Crippen LogP contribution in [0.2, 0.25) is 0 Å². The lowest BCUT2D eigenvalue weighted by atomic mass is 10.1. The van der Waals surface area contributed by atoms with Crippen molar-refractivity contribution in [3.8, 4) is 11.1 Å². The van der Waals surface area contributed by atoms with E-state index in [2.05, 4.69) is 20.9 Å². The van der Waals surface area contributed by atoms with Gasteiger partial charge in [-0.2, -0.15) is 4.57 Å². The maximum atomic E-state index is 12.2. The molecule has 0 fully saturated rings. The van der Waals surface area contributed by atoms with Crippen LogP contribution in [0.4, 0.5) is 0 Å². The first-order valence-corrected chi connectivity index (χ1v) is 7.70. The molecule has 0 amide bonds. The molecule has 0 aliphatic rings. The first kappa shape index (κ1) is 14.6. The van der Waals surface area contributed by atoms with E-state index in [-0.39, 0.29) is 5.78 Å². The lowest BCUT2D eigenvalue weighted by molar-refractivity contribution is -0.683. The van der Waals surface area contributed by atoms with Gasteiger partial charge in [-0.3, -0.25) is 9.78 Å². The number of ketones is 1. The van der Waals surface area contributed by atoms with Gasteiger partial charge in [-0.05, 0) is 35.4 Å². The minimum absolute atomic E-state index is 0.0918. The molecule has 4 heteroatoms. The summed E-state index contributed by atoms with van der Waals surface area (Å²) in [5.41, 5.74) is 2.94. The Balaban J connectivity index is 1.73. The summed E-state index contributed by atoms with van der Waals surface area (Å²) in [6, 6.07) is 15.4. The molecule has 2 aromatic heterocycles. The fraction of sp³-hybridized carbons (Fsp3) is 0.0556. The van der Waals surface area contributed by atoms with E-state index in [1.54, 1.807) is 12.4 Å². The molecule has 0 atom stereocenters. The van der Waals surface area contributed by atoms with Crippen molar-refractivity contribution in [3.05, 3.63) is 83.4 Å². The lowest BCUT2D eigenvalue weighted by Crippen LogP contribution is -2.37. The highest BCUT2D eigenvalue weighted by atomic mass is 79.9. The van der Waals surface area contributed by atoms with Crippen LogP contribution in [0.3, 0.4) is 0 Å². The van der Waals surface area contributed by atoms with Crippen LogP contribution in [-0.4, -0.2) is 10.8 Å². The van der Waals surface area contributed by atoms with E-state index in [1.165, 1.54) is 0 Å².